The van der Waals surface area contributed by atoms with Gasteiger partial charge in [0.25, 0.3) is 5.91 Å². The van der Waals surface area contributed by atoms with Gasteiger partial charge in [0, 0.05) is 26.1 Å². The molecule has 1 aliphatic heterocycles. The Balaban J connectivity index is 1.72. The second-order valence-corrected chi connectivity index (χ2v) is 6.13. The summed E-state index contributed by atoms with van der Waals surface area (Å²) in [7, 11) is 0. The van der Waals surface area contributed by atoms with Crippen LogP contribution in [-0.2, 0) is 25.5 Å². The number of hydrogen-bond acceptors (Lipinski definition) is 5. The molecule has 1 aromatic carbocycles. The molecule has 8 heteroatoms. The highest BCUT2D eigenvalue weighted by Crippen LogP contribution is 2.19. The molecule has 4 amide bonds. The van der Waals surface area contributed by atoms with Gasteiger partial charge in [-0.1, -0.05) is 36.4 Å². The molecule has 2 rings (SSSR count). The van der Waals surface area contributed by atoms with E-state index >= 15 is 0 Å². The molecule has 8 nitrogen and oxygen atoms in total. The zero-order valence-electron chi connectivity index (χ0n) is 15.0. The number of carbonyl (C=O) groups is 4. The molecule has 1 aromatic rings. The fourth-order valence-corrected chi connectivity index (χ4v) is 2.68. The first-order valence-corrected chi connectivity index (χ1v) is 8.66. The fraction of sp³-hybridized carbons (Fsp3) is 0.368. The minimum Gasteiger partial charge on any atom is -0.455 e. The van der Waals surface area contributed by atoms with Crippen molar-refractivity contribution in [3.8, 4) is 0 Å². The molecule has 27 heavy (non-hydrogen) atoms. The van der Waals surface area contributed by atoms with Gasteiger partial charge in [0.15, 0.2) is 6.61 Å². The quantitative estimate of drug-likeness (QED) is 0.514. The van der Waals surface area contributed by atoms with E-state index in [4.69, 9.17) is 4.74 Å². The molecule has 1 atom stereocenters. The number of esters is 1. The Morgan fingerprint density at radius 3 is 2.70 bits per heavy atom. The van der Waals surface area contributed by atoms with Crippen molar-refractivity contribution in [3.05, 3.63) is 48.6 Å². The molecule has 0 bridgehead atoms. The Kier molecular flexibility index (Phi) is 7.54. The van der Waals surface area contributed by atoms with Crippen LogP contribution in [0, 0.1) is 5.92 Å². The van der Waals surface area contributed by atoms with E-state index < -0.39 is 30.4 Å². The predicted molar refractivity (Wildman–Crippen MR) is 97.5 cm³/mol. The van der Waals surface area contributed by atoms with Gasteiger partial charge in [-0.15, -0.1) is 6.58 Å². The van der Waals surface area contributed by atoms with Crippen molar-refractivity contribution in [3.63, 3.8) is 0 Å². The summed E-state index contributed by atoms with van der Waals surface area (Å²) < 4.78 is 4.92. The number of rotatable bonds is 8. The minimum atomic E-state index is -0.741. The van der Waals surface area contributed by atoms with Crippen LogP contribution in [0.1, 0.15) is 12.0 Å². The first-order chi connectivity index (χ1) is 13.0. The second kappa shape index (κ2) is 10.1. The van der Waals surface area contributed by atoms with E-state index in [0.29, 0.717) is 13.0 Å². The maximum atomic E-state index is 12.1. The minimum absolute atomic E-state index is 0.0645. The SMILES string of the molecule is C=CCNC(=O)NC(=O)COC(=O)[C@@H]1CC(=O)N(CCc2ccccc2)C1. The van der Waals surface area contributed by atoms with Gasteiger partial charge < -0.3 is 15.0 Å². The lowest BCUT2D eigenvalue weighted by Crippen LogP contribution is -2.41. The van der Waals surface area contributed by atoms with Gasteiger partial charge in [-0.2, -0.15) is 0 Å². The van der Waals surface area contributed by atoms with E-state index in [-0.39, 0.29) is 25.4 Å². The van der Waals surface area contributed by atoms with E-state index in [9.17, 15) is 19.2 Å². The zero-order valence-corrected chi connectivity index (χ0v) is 15.0. The molecule has 1 saturated heterocycles. The van der Waals surface area contributed by atoms with E-state index in [1.807, 2.05) is 35.6 Å². The fourth-order valence-electron chi connectivity index (χ4n) is 2.68. The molecule has 0 spiro atoms. The van der Waals surface area contributed by atoms with Crippen LogP contribution < -0.4 is 10.6 Å². The van der Waals surface area contributed by atoms with Gasteiger partial charge in [0.05, 0.1) is 5.92 Å². The van der Waals surface area contributed by atoms with Gasteiger partial charge in [0.2, 0.25) is 5.91 Å². The summed E-state index contributed by atoms with van der Waals surface area (Å²) >= 11 is 0. The van der Waals surface area contributed by atoms with Crippen LogP contribution in [0.25, 0.3) is 0 Å². The van der Waals surface area contributed by atoms with Crippen molar-refractivity contribution >= 4 is 23.8 Å². The molecular weight excluding hydrogens is 350 g/mol. The number of amides is 4. The largest absolute Gasteiger partial charge is 0.455 e. The first-order valence-electron chi connectivity index (χ1n) is 8.66. The third-order valence-corrected chi connectivity index (χ3v) is 4.07. The highest BCUT2D eigenvalue weighted by molar-refractivity contribution is 5.96. The van der Waals surface area contributed by atoms with Crippen molar-refractivity contribution in [2.24, 2.45) is 5.92 Å². The monoisotopic (exact) mass is 373 g/mol. The number of hydrogen-bond donors (Lipinski definition) is 2. The Hall–Kier alpha value is -3.16. The molecule has 0 aliphatic carbocycles. The summed E-state index contributed by atoms with van der Waals surface area (Å²) in [5, 5.41) is 4.39. The maximum absolute atomic E-state index is 12.1. The molecular formula is C19H23N3O5. The Morgan fingerprint density at radius 2 is 2.00 bits per heavy atom. The van der Waals surface area contributed by atoms with E-state index in [1.165, 1.54) is 6.08 Å². The van der Waals surface area contributed by atoms with Gasteiger partial charge in [0.1, 0.15) is 0 Å². The van der Waals surface area contributed by atoms with Gasteiger partial charge >= 0.3 is 12.0 Å². The molecule has 0 saturated carbocycles. The molecule has 1 heterocycles. The molecule has 1 aliphatic rings. The van der Waals surface area contributed by atoms with Crippen molar-refractivity contribution in [1.82, 2.24) is 15.5 Å². The Labute approximate surface area is 157 Å². The Morgan fingerprint density at radius 1 is 1.26 bits per heavy atom. The van der Waals surface area contributed by atoms with Crippen LogP contribution in [0.3, 0.4) is 0 Å². The number of urea groups is 1. The van der Waals surface area contributed by atoms with Crippen LogP contribution in [0.5, 0.6) is 0 Å². The highest BCUT2D eigenvalue weighted by atomic mass is 16.5. The van der Waals surface area contributed by atoms with Crippen molar-refractivity contribution in [1.29, 1.82) is 0 Å². The summed E-state index contributed by atoms with van der Waals surface area (Å²) in [6.07, 6.45) is 2.23. The number of nitrogens with one attached hydrogen (secondary N) is 2. The van der Waals surface area contributed by atoms with Gasteiger partial charge in [-0.3, -0.25) is 19.7 Å². The van der Waals surface area contributed by atoms with E-state index in [0.717, 1.165) is 5.56 Å². The molecule has 0 unspecified atom stereocenters. The van der Waals surface area contributed by atoms with Crippen molar-refractivity contribution < 1.29 is 23.9 Å². The molecule has 0 aromatic heterocycles. The number of ether oxygens (including phenoxy) is 1. The average Bonchev–Trinajstić information content (AvgIpc) is 3.04. The summed E-state index contributed by atoms with van der Waals surface area (Å²) in [5.74, 6) is -2.07. The summed E-state index contributed by atoms with van der Waals surface area (Å²) in [5.41, 5.74) is 1.11. The molecule has 1 fully saturated rings. The van der Waals surface area contributed by atoms with Crippen LogP contribution in [0.15, 0.2) is 43.0 Å². The van der Waals surface area contributed by atoms with Crippen molar-refractivity contribution in [2.45, 2.75) is 12.8 Å². The predicted octanol–water partition coefficient (Wildman–Crippen LogP) is 0.633. The lowest BCUT2D eigenvalue weighted by Gasteiger charge is -2.16. The van der Waals surface area contributed by atoms with Crippen LogP contribution >= 0.6 is 0 Å². The highest BCUT2D eigenvalue weighted by Gasteiger charge is 2.35. The number of carbonyl (C=O) groups excluding carboxylic acids is 4. The van der Waals surface area contributed by atoms with Crippen LogP contribution in [0.4, 0.5) is 4.79 Å². The van der Waals surface area contributed by atoms with E-state index in [2.05, 4.69) is 11.9 Å². The molecule has 0 radical (unpaired) electrons. The summed E-state index contributed by atoms with van der Waals surface area (Å²) in [4.78, 5) is 48.7. The van der Waals surface area contributed by atoms with E-state index in [1.54, 1.807) is 4.90 Å². The van der Waals surface area contributed by atoms with Gasteiger partial charge in [-0.25, -0.2) is 4.79 Å². The molecule has 2 N–H and O–H groups in total. The summed E-state index contributed by atoms with van der Waals surface area (Å²) in [6, 6.07) is 9.06. The maximum Gasteiger partial charge on any atom is 0.321 e. The smallest absolute Gasteiger partial charge is 0.321 e. The lowest BCUT2D eigenvalue weighted by molar-refractivity contribution is -0.152. The lowest BCUT2D eigenvalue weighted by atomic mass is 10.1. The second-order valence-electron chi connectivity index (χ2n) is 6.13. The number of nitrogens with zero attached hydrogens (tertiary/aromatic N) is 1. The normalized spacial score (nSPS) is 15.9. The number of benzene rings is 1. The zero-order chi connectivity index (χ0) is 19.6. The van der Waals surface area contributed by atoms with Crippen molar-refractivity contribution in [2.75, 3.05) is 26.2 Å². The molecule has 144 valence electrons. The topological polar surface area (TPSA) is 105 Å². The first kappa shape index (κ1) is 20.2. The number of imide groups is 1. The third-order valence-electron chi connectivity index (χ3n) is 4.07. The average molecular weight is 373 g/mol. The van der Waals surface area contributed by atoms with Crippen LogP contribution in [-0.4, -0.2) is 55.0 Å². The summed E-state index contributed by atoms with van der Waals surface area (Å²) in [6.45, 7) is 3.86. The number of likely N-dealkylation sites (tertiary alicyclic amines) is 1. The Bertz CT molecular complexity index is 705. The third kappa shape index (κ3) is 6.58. The van der Waals surface area contributed by atoms with Crippen LogP contribution in [0.2, 0.25) is 0 Å². The standard InChI is InChI=1S/C19H23N3O5/c1-2-9-20-19(26)21-16(23)13-27-18(25)15-11-17(24)22(12-15)10-8-14-6-4-3-5-7-14/h2-7,15H,1,8-13H2,(H2,20,21,23,26)/t15-/m1/s1. The van der Waals surface area contributed by atoms with Gasteiger partial charge in [-0.05, 0) is 12.0 Å².